The Balaban J connectivity index is 2.14. The topological polar surface area (TPSA) is 57.5 Å². The van der Waals surface area contributed by atoms with Gasteiger partial charge in [-0.1, -0.05) is 36.8 Å². The van der Waals surface area contributed by atoms with E-state index < -0.39 is 11.9 Å². The van der Waals surface area contributed by atoms with E-state index in [4.69, 9.17) is 5.11 Å². The second kappa shape index (κ2) is 6.02. The van der Waals surface area contributed by atoms with E-state index in [0.717, 1.165) is 42.4 Å². The summed E-state index contributed by atoms with van der Waals surface area (Å²) in [5, 5.41) is 18.9. The minimum atomic E-state index is -0.811. The molecular formula is C16H20O3. The average molecular weight is 260 g/mol. The molecule has 102 valence electrons. The molecule has 0 heterocycles. The Morgan fingerprint density at radius 1 is 1.32 bits per heavy atom. The van der Waals surface area contributed by atoms with Gasteiger partial charge in [0.25, 0.3) is 0 Å². The van der Waals surface area contributed by atoms with Crippen LogP contribution in [0, 0.1) is 0 Å². The molecule has 3 heteroatoms. The molecule has 1 fully saturated rings. The zero-order chi connectivity index (χ0) is 13.8. The van der Waals surface area contributed by atoms with Crippen LogP contribution in [0.4, 0.5) is 0 Å². The van der Waals surface area contributed by atoms with E-state index in [-0.39, 0.29) is 6.10 Å². The Labute approximate surface area is 113 Å². The van der Waals surface area contributed by atoms with E-state index in [1.165, 1.54) is 0 Å². The average Bonchev–Trinajstić information content (AvgIpc) is 2.41. The summed E-state index contributed by atoms with van der Waals surface area (Å²) in [5.74, 6) is -1.30. The van der Waals surface area contributed by atoms with Crippen molar-refractivity contribution in [1.82, 2.24) is 0 Å². The number of hydrogen-bond acceptors (Lipinski definition) is 2. The van der Waals surface area contributed by atoms with Crippen LogP contribution in [0.5, 0.6) is 0 Å². The molecule has 0 radical (unpaired) electrons. The maximum atomic E-state index is 10.9. The first-order valence-electron chi connectivity index (χ1n) is 6.79. The highest BCUT2D eigenvalue weighted by Crippen LogP contribution is 2.26. The molecule has 0 amide bonds. The van der Waals surface area contributed by atoms with Gasteiger partial charge in [0.1, 0.15) is 0 Å². The summed E-state index contributed by atoms with van der Waals surface area (Å²) < 4.78 is 0. The van der Waals surface area contributed by atoms with E-state index in [1.807, 2.05) is 30.3 Å². The number of carboxylic acid groups (broad SMARTS) is 1. The molecule has 1 aromatic rings. The maximum Gasteiger partial charge on any atom is 0.310 e. The highest BCUT2D eigenvalue weighted by atomic mass is 16.4. The molecule has 1 aliphatic carbocycles. The van der Waals surface area contributed by atoms with Gasteiger partial charge in [-0.3, -0.25) is 4.79 Å². The van der Waals surface area contributed by atoms with Gasteiger partial charge in [-0.15, -0.1) is 0 Å². The first kappa shape index (κ1) is 13.8. The lowest BCUT2D eigenvalue weighted by Gasteiger charge is -2.20. The van der Waals surface area contributed by atoms with E-state index in [0.29, 0.717) is 0 Å². The lowest BCUT2D eigenvalue weighted by Crippen LogP contribution is -2.14. The summed E-state index contributed by atoms with van der Waals surface area (Å²) in [4.78, 5) is 10.9. The third kappa shape index (κ3) is 3.44. The van der Waals surface area contributed by atoms with Crippen LogP contribution in [-0.2, 0) is 4.79 Å². The van der Waals surface area contributed by atoms with Crippen molar-refractivity contribution < 1.29 is 15.0 Å². The van der Waals surface area contributed by atoms with Gasteiger partial charge in [0.15, 0.2) is 0 Å². The molecule has 0 aromatic heterocycles. The summed E-state index contributed by atoms with van der Waals surface area (Å²) in [6.45, 7) is 1.68. The fourth-order valence-electron chi connectivity index (χ4n) is 2.42. The van der Waals surface area contributed by atoms with Gasteiger partial charge < -0.3 is 10.2 Å². The predicted octanol–water partition coefficient (Wildman–Crippen LogP) is 3.19. The largest absolute Gasteiger partial charge is 0.481 e. The van der Waals surface area contributed by atoms with Crippen LogP contribution in [0.1, 0.15) is 49.7 Å². The van der Waals surface area contributed by atoms with Gasteiger partial charge in [0.05, 0.1) is 12.0 Å². The van der Waals surface area contributed by atoms with Crippen LogP contribution in [0.2, 0.25) is 0 Å². The number of hydrogen-bond donors (Lipinski definition) is 2. The fourth-order valence-corrected chi connectivity index (χ4v) is 2.42. The Morgan fingerprint density at radius 2 is 2.00 bits per heavy atom. The fraction of sp³-hybridized carbons (Fsp3) is 0.438. The van der Waals surface area contributed by atoms with Crippen molar-refractivity contribution in [2.45, 2.75) is 44.6 Å². The van der Waals surface area contributed by atoms with Crippen molar-refractivity contribution in [3.05, 3.63) is 41.0 Å². The van der Waals surface area contributed by atoms with Gasteiger partial charge >= 0.3 is 5.97 Å². The quantitative estimate of drug-likeness (QED) is 0.877. The van der Waals surface area contributed by atoms with Crippen molar-refractivity contribution >= 4 is 12.0 Å². The molecule has 1 saturated carbocycles. The number of aliphatic hydroxyl groups excluding tert-OH is 1. The van der Waals surface area contributed by atoms with E-state index in [1.54, 1.807) is 6.92 Å². The Hall–Kier alpha value is -1.61. The number of carboxylic acids is 1. The van der Waals surface area contributed by atoms with Crippen LogP contribution in [0.25, 0.3) is 6.08 Å². The molecule has 0 bridgehead atoms. The molecule has 0 aliphatic heterocycles. The minimum absolute atomic E-state index is 0.314. The predicted molar refractivity (Wildman–Crippen MR) is 74.9 cm³/mol. The molecule has 0 spiro atoms. The summed E-state index contributed by atoms with van der Waals surface area (Å²) in [6.07, 6.45) is 5.74. The second-order valence-electron chi connectivity index (χ2n) is 5.21. The molecule has 1 aromatic carbocycles. The normalized spacial score (nSPS) is 23.3. The van der Waals surface area contributed by atoms with Crippen molar-refractivity contribution in [2.75, 3.05) is 0 Å². The first-order chi connectivity index (χ1) is 9.08. The third-order valence-corrected chi connectivity index (χ3v) is 3.78. The van der Waals surface area contributed by atoms with Crippen molar-refractivity contribution in [1.29, 1.82) is 0 Å². The van der Waals surface area contributed by atoms with Crippen LogP contribution < -0.4 is 0 Å². The van der Waals surface area contributed by atoms with E-state index >= 15 is 0 Å². The molecule has 2 N–H and O–H groups in total. The summed E-state index contributed by atoms with van der Waals surface area (Å²) in [7, 11) is 0. The van der Waals surface area contributed by atoms with Gasteiger partial charge in [-0.05, 0) is 42.9 Å². The number of carbonyl (C=O) groups is 1. The van der Waals surface area contributed by atoms with Crippen molar-refractivity contribution in [2.24, 2.45) is 0 Å². The standard InChI is InChI=1S/C16H20O3/c1-11(16(18)19)13-8-6-12(7-9-13)10-14-4-2-3-5-15(14)17/h6-11,15,17H,2-5H2,1H3,(H,18,19). The van der Waals surface area contributed by atoms with Crippen LogP contribution >= 0.6 is 0 Å². The molecule has 2 unspecified atom stereocenters. The zero-order valence-corrected chi connectivity index (χ0v) is 11.2. The number of rotatable bonds is 3. The molecule has 2 rings (SSSR count). The first-order valence-corrected chi connectivity index (χ1v) is 6.79. The van der Waals surface area contributed by atoms with Crippen LogP contribution in [0.3, 0.4) is 0 Å². The SMILES string of the molecule is CC(C(=O)O)c1ccc(C=C2CCCCC2O)cc1. The Kier molecular flexibility index (Phi) is 4.38. The van der Waals surface area contributed by atoms with Gasteiger partial charge in [0.2, 0.25) is 0 Å². The van der Waals surface area contributed by atoms with Crippen molar-refractivity contribution in [3.63, 3.8) is 0 Å². The highest BCUT2D eigenvalue weighted by Gasteiger charge is 2.16. The maximum absolute atomic E-state index is 10.9. The van der Waals surface area contributed by atoms with Crippen LogP contribution in [-0.4, -0.2) is 22.3 Å². The monoisotopic (exact) mass is 260 g/mol. The number of aliphatic carboxylic acids is 1. The summed E-state index contributed by atoms with van der Waals surface area (Å²) in [6, 6.07) is 7.53. The Morgan fingerprint density at radius 3 is 2.58 bits per heavy atom. The highest BCUT2D eigenvalue weighted by molar-refractivity contribution is 5.75. The van der Waals surface area contributed by atoms with Crippen LogP contribution in [0.15, 0.2) is 29.8 Å². The second-order valence-corrected chi connectivity index (χ2v) is 5.21. The minimum Gasteiger partial charge on any atom is -0.481 e. The summed E-state index contributed by atoms with van der Waals surface area (Å²) in [5.41, 5.74) is 2.92. The molecule has 2 atom stereocenters. The number of aliphatic hydroxyl groups is 1. The van der Waals surface area contributed by atoms with Crippen molar-refractivity contribution in [3.8, 4) is 0 Å². The lowest BCUT2D eigenvalue weighted by atomic mass is 9.90. The van der Waals surface area contributed by atoms with Gasteiger partial charge in [-0.25, -0.2) is 0 Å². The molecule has 3 nitrogen and oxygen atoms in total. The molecule has 19 heavy (non-hydrogen) atoms. The summed E-state index contributed by atoms with van der Waals surface area (Å²) >= 11 is 0. The third-order valence-electron chi connectivity index (χ3n) is 3.78. The molecule has 0 saturated heterocycles. The van der Waals surface area contributed by atoms with E-state index in [2.05, 4.69) is 0 Å². The van der Waals surface area contributed by atoms with Gasteiger partial charge in [0, 0.05) is 0 Å². The number of benzene rings is 1. The Bertz CT molecular complexity index is 473. The van der Waals surface area contributed by atoms with Gasteiger partial charge in [-0.2, -0.15) is 0 Å². The molecule has 1 aliphatic rings. The lowest BCUT2D eigenvalue weighted by molar-refractivity contribution is -0.138. The van der Waals surface area contributed by atoms with E-state index in [9.17, 15) is 9.90 Å². The zero-order valence-electron chi connectivity index (χ0n) is 11.2. The molecular weight excluding hydrogens is 240 g/mol. The smallest absolute Gasteiger partial charge is 0.310 e.